The molecule has 1 saturated heterocycles. The Morgan fingerprint density at radius 3 is 2.52 bits per heavy atom. The fourth-order valence-corrected chi connectivity index (χ4v) is 4.80. The van der Waals surface area contributed by atoms with Crippen LogP contribution in [0.25, 0.3) is 0 Å². The van der Waals surface area contributed by atoms with Crippen molar-refractivity contribution in [2.24, 2.45) is 5.92 Å². The molecular weight excluding hydrogens is 310 g/mol. The molecule has 0 N–H and O–H groups in total. The van der Waals surface area contributed by atoms with Gasteiger partial charge in [-0.25, -0.2) is 8.42 Å². The number of piperidine rings is 1. The standard InChI is InChI=1S/C18H27NO3S/c1-3-12-23(21,22)14-18(20)19-11-10-17(15(4-2)13-19)16-8-6-5-7-9-16/h5-9,15,17H,3-4,10-14H2,1-2H3. The quantitative estimate of drug-likeness (QED) is 0.802. The molecule has 5 heteroatoms. The molecule has 1 aromatic carbocycles. The molecule has 1 aromatic rings. The first-order valence-corrected chi connectivity index (χ1v) is 10.3. The SMILES string of the molecule is CCCS(=O)(=O)CC(=O)N1CCC(c2ccccc2)C(CC)C1. The van der Waals surface area contributed by atoms with Gasteiger partial charge in [-0.1, -0.05) is 50.6 Å². The molecule has 0 bridgehead atoms. The predicted octanol–water partition coefficient (Wildman–Crippen LogP) is 2.85. The van der Waals surface area contributed by atoms with Gasteiger partial charge in [-0.05, 0) is 30.2 Å². The third-order valence-electron chi connectivity index (χ3n) is 4.70. The van der Waals surface area contributed by atoms with Crippen LogP contribution in [0.5, 0.6) is 0 Å². The lowest BCUT2D eigenvalue weighted by molar-refractivity contribution is -0.130. The van der Waals surface area contributed by atoms with E-state index in [-0.39, 0.29) is 17.4 Å². The fraction of sp³-hybridized carbons (Fsp3) is 0.611. The molecule has 1 aliphatic heterocycles. The van der Waals surface area contributed by atoms with Gasteiger partial charge in [0, 0.05) is 13.1 Å². The van der Waals surface area contributed by atoms with E-state index in [2.05, 4.69) is 31.2 Å². The van der Waals surface area contributed by atoms with E-state index in [0.717, 1.165) is 12.8 Å². The van der Waals surface area contributed by atoms with Crippen LogP contribution in [0.1, 0.15) is 44.6 Å². The second kappa shape index (κ2) is 7.95. The molecule has 0 aromatic heterocycles. The Morgan fingerprint density at radius 1 is 1.22 bits per heavy atom. The van der Waals surface area contributed by atoms with Crippen molar-refractivity contribution in [1.82, 2.24) is 4.90 Å². The van der Waals surface area contributed by atoms with Crippen molar-refractivity contribution in [2.75, 3.05) is 24.6 Å². The van der Waals surface area contributed by atoms with E-state index in [1.807, 2.05) is 13.0 Å². The Morgan fingerprint density at radius 2 is 1.91 bits per heavy atom. The topological polar surface area (TPSA) is 54.5 Å². The molecule has 23 heavy (non-hydrogen) atoms. The smallest absolute Gasteiger partial charge is 0.237 e. The van der Waals surface area contributed by atoms with Crippen LogP contribution in [-0.4, -0.2) is 43.8 Å². The highest BCUT2D eigenvalue weighted by molar-refractivity contribution is 7.92. The first-order valence-electron chi connectivity index (χ1n) is 8.50. The molecule has 4 nitrogen and oxygen atoms in total. The van der Waals surface area contributed by atoms with Crippen molar-refractivity contribution >= 4 is 15.7 Å². The monoisotopic (exact) mass is 337 g/mol. The van der Waals surface area contributed by atoms with Gasteiger partial charge in [0.15, 0.2) is 9.84 Å². The van der Waals surface area contributed by atoms with E-state index >= 15 is 0 Å². The zero-order valence-corrected chi connectivity index (χ0v) is 14.9. The van der Waals surface area contributed by atoms with Gasteiger partial charge < -0.3 is 4.90 Å². The van der Waals surface area contributed by atoms with Gasteiger partial charge in [0.25, 0.3) is 0 Å². The lowest BCUT2D eigenvalue weighted by Gasteiger charge is -2.38. The summed E-state index contributed by atoms with van der Waals surface area (Å²) in [6.45, 7) is 5.27. The highest BCUT2D eigenvalue weighted by Gasteiger charge is 2.32. The number of hydrogen-bond acceptors (Lipinski definition) is 3. The van der Waals surface area contributed by atoms with Crippen molar-refractivity contribution in [3.05, 3.63) is 35.9 Å². The summed E-state index contributed by atoms with van der Waals surface area (Å²) < 4.78 is 23.7. The summed E-state index contributed by atoms with van der Waals surface area (Å²) in [7, 11) is -3.26. The third kappa shape index (κ3) is 4.80. The highest BCUT2D eigenvalue weighted by atomic mass is 32.2. The van der Waals surface area contributed by atoms with Crippen LogP contribution in [-0.2, 0) is 14.6 Å². The summed E-state index contributed by atoms with van der Waals surface area (Å²) in [5.41, 5.74) is 1.32. The lowest BCUT2D eigenvalue weighted by atomic mass is 9.79. The van der Waals surface area contributed by atoms with Gasteiger partial charge in [-0.15, -0.1) is 0 Å². The van der Waals surface area contributed by atoms with E-state index in [0.29, 0.717) is 31.3 Å². The Balaban J connectivity index is 2.02. The number of likely N-dealkylation sites (tertiary alicyclic amines) is 1. The molecule has 2 rings (SSSR count). The van der Waals surface area contributed by atoms with Crippen molar-refractivity contribution in [2.45, 2.75) is 39.0 Å². The number of benzene rings is 1. The van der Waals surface area contributed by atoms with Gasteiger partial charge in [-0.2, -0.15) is 0 Å². The van der Waals surface area contributed by atoms with Crippen molar-refractivity contribution in [3.63, 3.8) is 0 Å². The lowest BCUT2D eigenvalue weighted by Crippen LogP contribution is -2.45. The molecule has 0 aliphatic carbocycles. The minimum atomic E-state index is -3.26. The molecule has 1 fully saturated rings. The Bertz CT molecular complexity index is 612. The first kappa shape index (κ1) is 18.0. The molecule has 1 aliphatic rings. The zero-order chi connectivity index (χ0) is 16.9. The summed E-state index contributed by atoms with van der Waals surface area (Å²) in [5.74, 6) is 0.369. The van der Waals surface area contributed by atoms with Crippen molar-refractivity contribution in [1.29, 1.82) is 0 Å². The summed E-state index contributed by atoms with van der Waals surface area (Å²) in [4.78, 5) is 14.1. The molecule has 0 spiro atoms. The maximum absolute atomic E-state index is 12.3. The highest BCUT2D eigenvalue weighted by Crippen LogP contribution is 2.34. The summed E-state index contributed by atoms with van der Waals surface area (Å²) in [5, 5.41) is 0. The molecule has 0 saturated carbocycles. The van der Waals surface area contributed by atoms with Gasteiger partial charge in [0.2, 0.25) is 5.91 Å². The van der Waals surface area contributed by atoms with E-state index in [1.165, 1.54) is 5.56 Å². The van der Waals surface area contributed by atoms with E-state index in [4.69, 9.17) is 0 Å². The van der Waals surface area contributed by atoms with Gasteiger partial charge >= 0.3 is 0 Å². The molecule has 128 valence electrons. The van der Waals surface area contributed by atoms with Crippen LogP contribution < -0.4 is 0 Å². The van der Waals surface area contributed by atoms with Crippen LogP contribution >= 0.6 is 0 Å². The third-order valence-corrected chi connectivity index (χ3v) is 6.41. The molecule has 1 amide bonds. The number of nitrogens with zero attached hydrogens (tertiary/aromatic N) is 1. The normalized spacial score (nSPS) is 22.1. The Kier molecular flexibility index (Phi) is 6.22. The number of hydrogen-bond donors (Lipinski definition) is 0. The fourth-order valence-electron chi connectivity index (χ4n) is 3.47. The summed E-state index contributed by atoms with van der Waals surface area (Å²) >= 11 is 0. The number of carbonyl (C=O) groups excluding carboxylic acids is 1. The number of rotatable bonds is 6. The van der Waals surface area contributed by atoms with E-state index in [9.17, 15) is 13.2 Å². The van der Waals surface area contributed by atoms with Crippen LogP contribution in [0.15, 0.2) is 30.3 Å². The van der Waals surface area contributed by atoms with E-state index < -0.39 is 9.84 Å². The second-order valence-corrected chi connectivity index (χ2v) is 8.59. The second-order valence-electron chi connectivity index (χ2n) is 6.41. The molecule has 1 heterocycles. The number of amides is 1. The average molecular weight is 337 g/mol. The van der Waals surface area contributed by atoms with Gasteiger partial charge in [0.1, 0.15) is 5.75 Å². The minimum absolute atomic E-state index is 0.0937. The van der Waals surface area contributed by atoms with Crippen LogP contribution in [0, 0.1) is 5.92 Å². The van der Waals surface area contributed by atoms with Crippen molar-refractivity contribution < 1.29 is 13.2 Å². The van der Waals surface area contributed by atoms with Crippen molar-refractivity contribution in [3.8, 4) is 0 Å². The average Bonchev–Trinajstić information content (AvgIpc) is 2.54. The summed E-state index contributed by atoms with van der Waals surface area (Å²) in [6.07, 6.45) is 2.45. The number of carbonyl (C=O) groups is 1. The van der Waals surface area contributed by atoms with Crippen LogP contribution in [0.4, 0.5) is 0 Å². The minimum Gasteiger partial charge on any atom is -0.342 e. The van der Waals surface area contributed by atoms with Crippen LogP contribution in [0.3, 0.4) is 0 Å². The number of sulfone groups is 1. The summed E-state index contributed by atoms with van der Waals surface area (Å²) in [6, 6.07) is 10.4. The molecule has 2 unspecified atom stereocenters. The Labute approximate surface area is 139 Å². The Hall–Kier alpha value is -1.36. The zero-order valence-electron chi connectivity index (χ0n) is 14.1. The molecule has 0 radical (unpaired) electrons. The first-order chi connectivity index (χ1) is 11.0. The largest absolute Gasteiger partial charge is 0.342 e. The van der Waals surface area contributed by atoms with E-state index in [1.54, 1.807) is 4.90 Å². The maximum atomic E-state index is 12.3. The maximum Gasteiger partial charge on any atom is 0.237 e. The van der Waals surface area contributed by atoms with Crippen LogP contribution in [0.2, 0.25) is 0 Å². The predicted molar refractivity (Wildman–Crippen MR) is 93.1 cm³/mol. The van der Waals surface area contributed by atoms with Gasteiger partial charge in [-0.3, -0.25) is 4.79 Å². The van der Waals surface area contributed by atoms with Gasteiger partial charge in [0.05, 0.1) is 5.75 Å². The molecule has 2 atom stereocenters. The molecular formula is C18H27NO3S.